The van der Waals surface area contributed by atoms with Crippen LogP contribution in [0, 0.1) is 5.92 Å². The summed E-state index contributed by atoms with van der Waals surface area (Å²) in [6, 6.07) is 0. The first-order valence-corrected chi connectivity index (χ1v) is 5.94. The Kier molecular flexibility index (Phi) is 4.74. The van der Waals surface area contributed by atoms with Crippen molar-refractivity contribution in [3.8, 4) is 0 Å². The molecule has 1 aliphatic heterocycles. The number of rotatable bonds is 6. The Morgan fingerprint density at radius 1 is 1.60 bits per heavy atom. The molecule has 1 saturated heterocycles. The second kappa shape index (κ2) is 5.61. The first-order chi connectivity index (χ1) is 7.16. The van der Waals surface area contributed by atoms with Crippen LogP contribution < -0.4 is 5.32 Å². The maximum absolute atomic E-state index is 12.3. The van der Waals surface area contributed by atoms with Gasteiger partial charge in [-0.1, -0.05) is 13.8 Å². The largest absolute Gasteiger partial charge is 0.385 e. The number of nitrogens with one attached hydrogen (secondary N) is 1. The van der Waals surface area contributed by atoms with Crippen molar-refractivity contribution in [1.29, 1.82) is 0 Å². The quantitative estimate of drug-likeness (QED) is 0.730. The number of methoxy groups -OCH3 is 1. The van der Waals surface area contributed by atoms with Crippen LogP contribution >= 0.6 is 0 Å². The van der Waals surface area contributed by atoms with Gasteiger partial charge < -0.3 is 10.1 Å². The van der Waals surface area contributed by atoms with Crippen molar-refractivity contribution in [2.24, 2.45) is 5.92 Å². The Morgan fingerprint density at radius 3 is 2.80 bits per heavy atom. The topological polar surface area (TPSA) is 38.3 Å². The van der Waals surface area contributed by atoms with Gasteiger partial charge in [0.25, 0.3) is 0 Å². The summed E-state index contributed by atoms with van der Waals surface area (Å²) >= 11 is 0. The van der Waals surface area contributed by atoms with Gasteiger partial charge in [0.15, 0.2) is 5.78 Å². The van der Waals surface area contributed by atoms with E-state index in [2.05, 4.69) is 12.2 Å². The highest BCUT2D eigenvalue weighted by Crippen LogP contribution is 2.27. The molecule has 0 spiro atoms. The molecule has 1 rings (SSSR count). The van der Waals surface area contributed by atoms with E-state index < -0.39 is 0 Å². The Morgan fingerprint density at radius 2 is 2.33 bits per heavy atom. The third kappa shape index (κ3) is 2.79. The Hall–Kier alpha value is -0.410. The monoisotopic (exact) mass is 213 g/mol. The number of ketones is 1. The molecule has 1 fully saturated rings. The summed E-state index contributed by atoms with van der Waals surface area (Å²) in [4.78, 5) is 12.3. The van der Waals surface area contributed by atoms with Crippen LogP contribution in [0.3, 0.4) is 0 Å². The van der Waals surface area contributed by atoms with Gasteiger partial charge in [0.1, 0.15) is 0 Å². The zero-order chi connectivity index (χ0) is 11.3. The van der Waals surface area contributed by atoms with Crippen molar-refractivity contribution in [1.82, 2.24) is 5.32 Å². The number of Topliss-reactive ketones (excluding diaryl/α,β-unsaturated/α-hetero) is 1. The van der Waals surface area contributed by atoms with Gasteiger partial charge in [0.05, 0.1) is 5.54 Å². The fraction of sp³-hybridized carbons (Fsp3) is 0.917. The fourth-order valence-corrected chi connectivity index (χ4v) is 2.39. The molecule has 0 saturated carbocycles. The molecular formula is C12H23NO2. The van der Waals surface area contributed by atoms with Crippen LogP contribution in [0.25, 0.3) is 0 Å². The molecule has 2 atom stereocenters. The van der Waals surface area contributed by atoms with Gasteiger partial charge in [0, 0.05) is 19.6 Å². The SMILES string of the molecule is CCC1(C(=O)C(C)CCOC)CCCN1. The summed E-state index contributed by atoms with van der Waals surface area (Å²) in [6.07, 6.45) is 3.86. The van der Waals surface area contributed by atoms with E-state index in [1.54, 1.807) is 7.11 Å². The number of carbonyl (C=O) groups excluding carboxylic acids is 1. The van der Waals surface area contributed by atoms with Gasteiger partial charge in [-0.25, -0.2) is 0 Å². The summed E-state index contributed by atoms with van der Waals surface area (Å²) in [7, 11) is 1.68. The van der Waals surface area contributed by atoms with Gasteiger partial charge in [-0.15, -0.1) is 0 Å². The number of hydrogen-bond donors (Lipinski definition) is 1. The summed E-state index contributed by atoms with van der Waals surface area (Å²) in [5.74, 6) is 0.482. The average Bonchev–Trinajstić information content (AvgIpc) is 2.74. The maximum Gasteiger partial charge on any atom is 0.155 e. The number of carbonyl (C=O) groups is 1. The van der Waals surface area contributed by atoms with Crippen molar-refractivity contribution in [3.63, 3.8) is 0 Å². The van der Waals surface area contributed by atoms with Crippen molar-refractivity contribution in [2.45, 2.75) is 45.1 Å². The molecule has 0 aliphatic carbocycles. The minimum Gasteiger partial charge on any atom is -0.385 e. The van der Waals surface area contributed by atoms with Crippen molar-refractivity contribution < 1.29 is 9.53 Å². The van der Waals surface area contributed by atoms with E-state index in [1.807, 2.05) is 6.92 Å². The lowest BCUT2D eigenvalue weighted by Gasteiger charge is -2.29. The lowest BCUT2D eigenvalue weighted by atomic mass is 9.82. The lowest BCUT2D eigenvalue weighted by Crippen LogP contribution is -2.49. The smallest absolute Gasteiger partial charge is 0.155 e. The van der Waals surface area contributed by atoms with Crippen LogP contribution in [-0.4, -0.2) is 31.6 Å². The highest BCUT2D eigenvalue weighted by molar-refractivity contribution is 5.90. The van der Waals surface area contributed by atoms with Gasteiger partial charge in [-0.3, -0.25) is 4.79 Å². The van der Waals surface area contributed by atoms with E-state index in [1.165, 1.54) is 0 Å². The predicted octanol–water partition coefficient (Wildman–Crippen LogP) is 1.76. The molecule has 88 valence electrons. The van der Waals surface area contributed by atoms with Gasteiger partial charge in [0.2, 0.25) is 0 Å². The van der Waals surface area contributed by atoms with Crippen LogP contribution in [0.5, 0.6) is 0 Å². The third-order valence-corrected chi connectivity index (χ3v) is 3.52. The van der Waals surface area contributed by atoms with Crippen molar-refractivity contribution >= 4 is 5.78 Å². The first kappa shape index (κ1) is 12.7. The van der Waals surface area contributed by atoms with Crippen molar-refractivity contribution in [2.75, 3.05) is 20.3 Å². The minimum atomic E-state index is -0.229. The molecule has 2 unspecified atom stereocenters. The third-order valence-electron chi connectivity index (χ3n) is 3.52. The number of ether oxygens (including phenoxy) is 1. The highest BCUT2D eigenvalue weighted by atomic mass is 16.5. The number of hydrogen-bond acceptors (Lipinski definition) is 3. The van der Waals surface area contributed by atoms with Gasteiger partial charge in [-0.05, 0) is 32.2 Å². The molecule has 3 heteroatoms. The van der Waals surface area contributed by atoms with Crippen LogP contribution in [0.4, 0.5) is 0 Å². The molecule has 1 aliphatic rings. The molecule has 0 amide bonds. The first-order valence-electron chi connectivity index (χ1n) is 5.94. The van der Waals surface area contributed by atoms with Crippen LogP contribution in [0.2, 0.25) is 0 Å². The Labute approximate surface area is 92.6 Å². The van der Waals surface area contributed by atoms with E-state index in [0.29, 0.717) is 12.4 Å². The average molecular weight is 213 g/mol. The predicted molar refractivity (Wildman–Crippen MR) is 60.9 cm³/mol. The Bertz CT molecular complexity index is 210. The van der Waals surface area contributed by atoms with Gasteiger partial charge >= 0.3 is 0 Å². The summed E-state index contributed by atoms with van der Waals surface area (Å²) < 4.78 is 5.02. The van der Waals surface area contributed by atoms with E-state index in [9.17, 15) is 4.79 Å². The van der Waals surface area contributed by atoms with E-state index in [-0.39, 0.29) is 11.5 Å². The lowest BCUT2D eigenvalue weighted by molar-refractivity contribution is -0.129. The molecule has 1 N–H and O–H groups in total. The summed E-state index contributed by atoms with van der Waals surface area (Å²) in [6.45, 7) is 5.77. The molecule has 15 heavy (non-hydrogen) atoms. The minimum absolute atomic E-state index is 0.107. The fourth-order valence-electron chi connectivity index (χ4n) is 2.39. The van der Waals surface area contributed by atoms with Crippen LogP contribution in [0.15, 0.2) is 0 Å². The van der Waals surface area contributed by atoms with Crippen molar-refractivity contribution in [3.05, 3.63) is 0 Å². The van der Waals surface area contributed by atoms with Crippen LogP contribution in [0.1, 0.15) is 39.5 Å². The van der Waals surface area contributed by atoms with Gasteiger partial charge in [-0.2, -0.15) is 0 Å². The highest BCUT2D eigenvalue weighted by Gasteiger charge is 2.40. The van der Waals surface area contributed by atoms with Crippen LogP contribution in [-0.2, 0) is 9.53 Å². The molecule has 0 bridgehead atoms. The van der Waals surface area contributed by atoms with E-state index in [0.717, 1.165) is 32.2 Å². The summed E-state index contributed by atoms with van der Waals surface area (Å²) in [5, 5.41) is 3.39. The van der Waals surface area contributed by atoms with E-state index in [4.69, 9.17) is 4.74 Å². The molecule has 1 heterocycles. The molecular weight excluding hydrogens is 190 g/mol. The molecule has 0 radical (unpaired) electrons. The Balaban J connectivity index is 2.56. The normalized spacial score (nSPS) is 27.9. The molecule has 3 nitrogen and oxygen atoms in total. The molecule has 0 aromatic heterocycles. The second-order valence-electron chi connectivity index (χ2n) is 4.51. The second-order valence-corrected chi connectivity index (χ2v) is 4.51. The zero-order valence-corrected chi connectivity index (χ0v) is 10.1. The zero-order valence-electron chi connectivity index (χ0n) is 10.1. The standard InChI is InChI=1S/C12H23NO2/c1-4-12(7-5-8-13-12)11(14)10(2)6-9-15-3/h10,13H,4-9H2,1-3H3. The summed E-state index contributed by atoms with van der Waals surface area (Å²) in [5.41, 5.74) is -0.229. The van der Waals surface area contributed by atoms with E-state index >= 15 is 0 Å². The maximum atomic E-state index is 12.3. The molecule has 0 aromatic rings. The molecule has 0 aromatic carbocycles.